The quantitative estimate of drug-likeness (QED) is 0.0262. The van der Waals surface area contributed by atoms with Crippen LogP contribution in [0.25, 0.3) is 0 Å². The van der Waals surface area contributed by atoms with Crippen LogP contribution in [0.1, 0.15) is 258 Å². The monoisotopic (exact) mass is 867 g/mol. The van der Waals surface area contributed by atoms with Crippen LogP contribution in [-0.2, 0) is 28.6 Å². The lowest BCUT2D eigenvalue weighted by atomic mass is 10.1. The number of unbranched alkanes of at least 4 members (excludes halogenated alkanes) is 26. The fourth-order valence-corrected chi connectivity index (χ4v) is 7.20. The molecule has 0 aromatic carbocycles. The molecule has 0 aliphatic rings. The third-order valence-electron chi connectivity index (χ3n) is 11.2. The first-order valence-electron chi connectivity index (χ1n) is 26.3. The van der Waals surface area contributed by atoms with Crippen LogP contribution in [0.15, 0.2) is 60.8 Å². The molecule has 0 aliphatic heterocycles. The number of hydrogen-bond acceptors (Lipinski definition) is 6. The maximum atomic E-state index is 12.8. The summed E-state index contributed by atoms with van der Waals surface area (Å²) in [4.78, 5) is 38.0. The van der Waals surface area contributed by atoms with Gasteiger partial charge in [0, 0.05) is 19.3 Å². The van der Waals surface area contributed by atoms with E-state index in [4.69, 9.17) is 14.2 Å². The van der Waals surface area contributed by atoms with Gasteiger partial charge in [-0.2, -0.15) is 0 Å². The van der Waals surface area contributed by atoms with Crippen molar-refractivity contribution in [1.29, 1.82) is 0 Å². The highest BCUT2D eigenvalue weighted by Gasteiger charge is 2.19. The Morgan fingerprint density at radius 1 is 0.323 bits per heavy atom. The second-order valence-electron chi connectivity index (χ2n) is 17.4. The third kappa shape index (κ3) is 48.1. The lowest BCUT2D eigenvalue weighted by molar-refractivity contribution is -0.167. The number of carbonyl (C=O) groups is 3. The van der Waals surface area contributed by atoms with Crippen molar-refractivity contribution >= 4 is 17.9 Å². The fourth-order valence-electron chi connectivity index (χ4n) is 7.20. The Hall–Kier alpha value is -2.89. The number of carbonyl (C=O) groups excluding carboxylic acids is 3. The summed E-state index contributed by atoms with van der Waals surface area (Å²) in [5.74, 6) is -0.942. The van der Waals surface area contributed by atoms with E-state index in [9.17, 15) is 14.4 Å². The summed E-state index contributed by atoms with van der Waals surface area (Å²) in [6.07, 6.45) is 62.0. The molecule has 62 heavy (non-hydrogen) atoms. The molecule has 6 nitrogen and oxygen atoms in total. The van der Waals surface area contributed by atoms with Gasteiger partial charge < -0.3 is 14.2 Å². The zero-order chi connectivity index (χ0) is 45.1. The van der Waals surface area contributed by atoms with Gasteiger partial charge >= 0.3 is 17.9 Å². The molecule has 0 rings (SSSR count). The van der Waals surface area contributed by atoms with Crippen molar-refractivity contribution in [1.82, 2.24) is 0 Å². The number of ether oxygens (including phenoxy) is 3. The number of hydrogen-bond donors (Lipinski definition) is 0. The minimum absolute atomic E-state index is 0.0940. The third-order valence-corrected chi connectivity index (χ3v) is 11.2. The normalized spacial score (nSPS) is 12.5. The van der Waals surface area contributed by atoms with Crippen molar-refractivity contribution in [2.75, 3.05) is 13.2 Å². The van der Waals surface area contributed by atoms with Crippen molar-refractivity contribution in [3.05, 3.63) is 60.8 Å². The number of rotatable bonds is 47. The van der Waals surface area contributed by atoms with Crippen molar-refractivity contribution in [2.45, 2.75) is 264 Å². The van der Waals surface area contributed by atoms with Gasteiger partial charge in [0.05, 0.1) is 0 Å². The van der Waals surface area contributed by atoms with Crippen LogP contribution in [-0.4, -0.2) is 37.2 Å². The smallest absolute Gasteiger partial charge is 0.306 e. The highest BCUT2D eigenvalue weighted by atomic mass is 16.6. The Kier molecular flexibility index (Phi) is 48.4. The maximum Gasteiger partial charge on any atom is 0.306 e. The van der Waals surface area contributed by atoms with Crippen molar-refractivity contribution in [3.63, 3.8) is 0 Å². The predicted octanol–water partition coefficient (Wildman–Crippen LogP) is 17.3. The Balaban J connectivity index is 4.43. The second kappa shape index (κ2) is 50.8. The molecule has 0 fully saturated rings. The van der Waals surface area contributed by atoms with E-state index in [-0.39, 0.29) is 37.5 Å². The van der Waals surface area contributed by atoms with E-state index in [1.807, 2.05) is 0 Å². The summed E-state index contributed by atoms with van der Waals surface area (Å²) in [6, 6.07) is 0. The molecule has 358 valence electrons. The van der Waals surface area contributed by atoms with E-state index >= 15 is 0 Å². The van der Waals surface area contributed by atoms with Crippen molar-refractivity contribution in [3.8, 4) is 0 Å². The van der Waals surface area contributed by atoms with Crippen LogP contribution in [0.5, 0.6) is 0 Å². The predicted molar refractivity (Wildman–Crippen MR) is 265 cm³/mol. The summed E-state index contributed by atoms with van der Waals surface area (Å²) >= 11 is 0. The Morgan fingerprint density at radius 3 is 0.984 bits per heavy atom. The highest BCUT2D eigenvalue weighted by Crippen LogP contribution is 2.14. The van der Waals surface area contributed by atoms with Gasteiger partial charge in [-0.25, -0.2) is 0 Å². The standard InChI is InChI=1S/C56H98O6/c1-4-7-10-13-16-19-22-25-27-28-30-31-34-37-40-43-46-49-55(58)61-52-53(51-60-54(57)48-45-42-39-36-33-24-21-18-15-12-9-6-3)62-56(59)50-47-44-41-38-35-32-29-26-23-20-17-14-11-8-5-2/h17-18,20-21,25-27,29,35,38,53H,4-16,19,22-24,28,30-34,36-37,39-52H2,1-3H3/b20-17-,21-18-,27-25-,29-26-,38-35-/t53-/m1/s1. The molecule has 0 saturated carbocycles. The van der Waals surface area contributed by atoms with Crippen molar-refractivity contribution in [2.24, 2.45) is 0 Å². The molecule has 0 radical (unpaired) electrons. The van der Waals surface area contributed by atoms with Gasteiger partial charge in [-0.3, -0.25) is 14.4 Å². The molecule has 6 heteroatoms. The SMILES string of the molecule is CCCCC/C=C\C/C=C\C/C=C\CCCCC(=O)O[C@H](COC(=O)CCCCCCC/C=C\CCCCC)COC(=O)CCCCCCCCC/C=C\CCCCCCCC. The molecular weight excluding hydrogens is 769 g/mol. The van der Waals surface area contributed by atoms with Gasteiger partial charge in [0.15, 0.2) is 6.10 Å². The molecule has 0 spiro atoms. The van der Waals surface area contributed by atoms with E-state index in [1.165, 1.54) is 141 Å². The highest BCUT2D eigenvalue weighted by molar-refractivity contribution is 5.71. The Bertz CT molecular complexity index is 1130. The van der Waals surface area contributed by atoms with Crippen LogP contribution in [0.3, 0.4) is 0 Å². The minimum Gasteiger partial charge on any atom is -0.462 e. The van der Waals surface area contributed by atoms with Crippen LogP contribution in [0.2, 0.25) is 0 Å². The molecule has 0 aliphatic carbocycles. The van der Waals surface area contributed by atoms with Gasteiger partial charge in [0.25, 0.3) is 0 Å². The summed E-state index contributed by atoms with van der Waals surface area (Å²) in [5, 5.41) is 0. The Morgan fingerprint density at radius 2 is 0.581 bits per heavy atom. The van der Waals surface area contributed by atoms with Crippen LogP contribution in [0, 0.1) is 0 Å². The molecule has 0 unspecified atom stereocenters. The molecule has 0 saturated heterocycles. The minimum atomic E-state index is -0.798. The Labute approximate surface area is 383 Å². The summed E-state index contributed by atoms with van der Waals surface area (Å²) in [5.41, 5.74) is 0. The first-order valence-corrected chi connectivity index (χ1v) is 26.3. The van der Waals surface area contributed by atoms with Gasteiger partial charge in [0.1, 0.15) is 13.2 Å². The lowest BCUT2D eigenvalue weighted by Gasteiger charge is -2.18. The summed E-state index contributed by atoms with van der Waals surface area (Å²) in [6.45, 7) is 6.54. The fraction of sp³-hybridized carbons (Fsp3) is 0.768. The molecule has 0 aromatic heterocycles. The molecule has 1 atom stereocenters. The molecular formula is C56H98O6. The molecule has 0 heterocycles. The number of allylic oxidation sites excluding steroid dienone is 10. The summed E-state index contributed by atoms with van der Waals surface area (Å²) < 4.78 is 16.8. The molecule has 0 bridgehead atoms. The molecule has 0 amide bonds. The van der Waals surface area contributed by atoms with E-state index < -0.39 is 6.10 Å². The first kappa shape index (κ1) is 59.1. The maximum absolute atomic E-state index is 12.8. The van der Waals surface area contributed by atoms with Crippen LogP contribution < -0.4 is 0 Å². The molecule has 0 aromatic rings. The topological polar surface area (TPSA) is 78.9 Å². The van der Waals surface area contributed by atoms with Gasteiger partial charge in [0.2, 0.25) is 0 Å². The number of esters is 3. The average Bonchev–Trinajstić information content (AvgIpc) is 3.27. The van der Waals surface area contributed by atoms with Crippen molar-refractivity contribution < 1.29 is 28.6 Å². The zero-order valence-electron chi connectivity index (χ0n) is 40.9. The summed E-state index contributed by atoms with van der Waals surface area (Å²) in [7, 11) is 0. The van der Waals surface area contributed by atoms with Gasteiger partial charge in [-0.1, -0.05) is 191 Å². The molecule has 0 N–H and O–H groups in total. The van der Waals surface area contributed by atoms with E-state index in [2.05, 4.69) is 81.5 Å². The van der Waals surface area contributed by atoms with Gasteiger partial charge in [-0.15, -0.1) is 0 Å². The lowest BCUT2D eigenvalue weighted by Crippen LogP contribution is -2.30. The van der Waals surface area contributed by atoms with E-state index in [0.29, 0.717) is 19.3 Å². The second-order valence-corrected chi connectivity index (χ2v) is 17.4. The van der Waals surface area contributed by atoms with E-state index in [0.717, 1.165) is 70.6 Å². The van der Waals surface area contributed by atoms with Gasteiger partial charge in [-0.05, 0) is 109 Å². The van der Waals surface area contributed by atoms with E-state index in [1.54, 1.807) is 0 Å². The average molecular weight is 867 g/mol. The largest absolute Gasteiger partial charge is 0.462 e. The zero-order valence-corrected chi connectivity index (χ0v) is 40.9. The first-order chi connectivity index (χ1) is 30.5. The van der Waals surface area contributed by atoms with Crippen LogP contribution in [0.4, 0.5) is 0 Å². The van der Waals surface area contributed by atoms with Crippen LogP contribution >= 0.6 is 0 Å².